The van der Waals surface area contributed by atoms with Gasteiger partial charge >= 0.3 is 0 Å². The van der Waals surface area contributed by atoms with Crippen LogP contribution in [0.5, 0.6) is 5.75 Å². The Hall–Kier alpha value is -3.73. The minimum absolute atomic E-state index is 0. The predicted octanol–water partition coefficient (Wildman–Crippen LogP) is 9.95. The molecule has 3 aromatic rings. The SMILES string of the molecule is CC.CCc1ccc(OC2=C(/C=C/C3=[N+](C)c4cc[c-]cc4C3(C)C)CCC/C2=C\C=C2\Nc3ccc(N)cc3C2(C)C)cc1.[V]. The molecule has 0 saturated carbocycles. The first-order chi connectivity index (χ1) is 21.6. The molecular formula is C41H49N3OV. The number of anilines is 2. The van der Waals surface area contributed by atoms with Gasteiger partial charge < -0.3 is 15.8 Å². The molecule has 4 nitrogen and oxygen atoms in total. The maximum Gasteiger partial charge on any atom is 0.178 e. The topological polar surface area (TPSA) is 50.3 Å². The number of nitrogens with one attached hydrogen (secondary N) is 1. The predicted molar refractivity (Wildman–Crippen MR) is 191 cm³/mol. The van der Waals surface area contributed by atoms with Crippen LogP contribution in [0.3, 0.4) is 0 Å². The van der Waals surface area contributed by atoms with E-state index < -0.39 is 0 Å². The van der Waals surface area contributed by atoms with Crippen LogP contribution in [0, 0.1) is 6.07 Å². The monoisotopic (exact) mass is 650 g/mol. The van der Waals surface area contributed by atoms with Crippen molar-refractivity contribution in [1.82, 2.24) is 0 Å². The van der Waals surface area contributed by atoms with Crippen molar-refractivity contribution < 1.29 is 27.9 Å². The quantitative estimate of drug-likeness (QED) is 0.159. The zero-order chi connectivity index (χ0) is 32.4. The Morgan fingerprint density at radius 2 is 1.67 bits per heavy atom. The summed E-state index contributed by atoms with van der Waals surface area (Å²) in [6, 6.07) is 24.2. The van der Waals surface area contributed by atoms with E-state index in [0.29, 0.717) is 0 Å². The molecule has 0 fully saturated rings. The number of ether oxygens (including phenoxy) is 1. The number of allylic oxidation sites excluding steroid dienone is 7. The van der Waals surface area contributed by atoms with Crippen LogP contribution < -0.4 is 15.8 Å². The Morgan fingerprint density at radius 1 is 0.935 bits per heavy atom. The van der Waals surface area contributed by atoms with Crippen molar-refractivity contribution in [2.45, 2.75) is 85.0 Å². The van der Waals surface area contributed by atoms with Crippen molar-refractivity contribution in [2.24, 2.45) is 0 Å². The van der Waals surface area contributed by atoms with Gasteiger partial charge in [0.25, 0.3) is 0 Å². The van der Waals surface area contributed by atoms with Gasteiger partial charge in [-0.1, -0.05) is 72.2 Å². The smallest absolute Gasteiger partial charge is 0.178 e. The summed E-state index contributed by atoms with van der Waals surface area (Å²) >= 11 is 0. The summed E-state index contributed by atoms with van der Waals surface area (Å²) in [6.45, 7) is 15.3. The number of aryl methyl sites for hydroxylation is 1. The summed E-state index contributed by atoms with van der Waals surface area (Å²) in [6.07, 6.45) is 13.1. The van der Waals surface area contributed by atoms with Crippen LogP contribution in [0.2, 0.25) is 0 Å². The van der Waals surface area contributed by atoms with Crippen LogP contribution in [0.4, 0.5) is 17.1 Å². The second kappa shape index (κ2) is 14.4. The second-order valence-electron chi connectivity index (χ2n) is 13.0. The maximum atomic E-state index is 6.75. The Morgan fingerprint density at radius 3 is 2.37 bits per heavy atom. The van der Waals surface area contributed by atoms with Crippen molar-refractivity contribution in [1.29, 1.82) is 0 Å². The summed E-state index contributed by atoms with van der Waals surface area (Å²) in [5, 5.41) is 3.64. The molecule has 3 N–H and O–H groups in total. The van der Waals surface area contributed by atoms with E-state index in [-0.39, 0.29) is 29.4 Å². The molecule has 5 heteroatoms. The van der Waals surface area contributed by atoms with Crippen LogP contribution in [0.15, 0.2) is 108 Å². The van der Waals surface area contributed by atoms with Crippen LogP contribution in [0.25, 0.3) is 0 Å². The minimum Gasteiger partial charge on any atom is -0.457 e. The van der Waals surface area contributed by atoms with Crippen molar-refractivity contribution >= 4 is 22.8 Å². The number of hydrogen-bond acceptors (Lipinski definition) is 3. The molecule has 0 bridgehead atoms. The average Bonchev–Trinajstić information content (AvgIpc) is 3.41. The fourth-order valence-electron chi connectivity index (χ4n) is 6.73. The number of nitrogens with two attached hydrogens (primary N) is 1. The van der Waals surface area contributed by atoms with E-state index in [1.54, 1.807) is 0 Å². The molecule has 0 spiro atoms. The van der Waals surface area contributed by atoms with Crippen LogP contribution in [0.1, 0.15) is 84.4 Å². The van der Waals surface area contributed by atoms with Gasteiger partial charge in [-0.15, -0.1) is 6.07 Å². The third-order valence-electron chi connectivity index (χ3n) is 9.46. The molecule has 2 aliphatic heterocycles. The normalized spacial score (nSPS) is 19.4. The van der Waals surface area contributed by atoms with E-state index in [2.05, 4.69) is 130 Å². The molecule has 1 radical (unpaired) electrons. The molecule has 0 unspecified atom stereocenters. The minimum atomic E-state index is -0.165. The molecule has 3 aliphatic rings. The van der Waals surface area contributed by atoms with Gasteiger partial charge in [0.1, 0.15) is 24.2 Å². The van der Waals surface area contributed by atoms with Crippen molar-refractivity contribution in [2.75, 3.05) is 18.1 Å². The van der Waals surface area contributed by atoms with E-state index in [9.17, 15) is 0 Å². The summed E-state index contributed by atoms with van der Waals surface area (Å²) < 4.78 is 9.06. The van der Waals surface area contributed by atoms with E-state index in [1.807, 2.05) is 26.0 Å². The van der Waals surface area contributed by atoms with Crippen LogP contribution in [-0.2, 0) is 35.8 Å². The number of nitrogens with zero attached hydrogens (tertiary/aromatic N) is 1. The van der Waals surface area contributed by atoms with Crippen LogP contribution in [-0.4, -0.2) is 17.3 Å². The Labute approximate surface area is 288 Å². The van der Waals surface area contributed by atoms with Gasteiger partial charge in [0.15, 0.2) is 5.71 Å². The molecule has 6 rings (SSSR count). The van der Waals surface area contributed by atoms with Gasteiger partial charge in [0.2, 0.25) is 0 Å². The van der Waals surface area contributed by atoms with Gasteiger partial charge in [0, 0.05) is 52.5 Å². The Bertz CT molecular complexity index is 1740. The molecule has 0 saturated heterocycles. The zero-order valence-corrected chi connectivity index (χ0v) is 30.2. The summed E-state index contributed by atoms with van der Waals surface area (Å²) in [4.78, 5) is 0. The van der Waals surface area contributed by atoms with Crippen molar-refractivity contribution in [3.8, 4) is 5.75 Å². The first kappa shape index (κ1) is 35.1. The molecule has 239 valence electrons. The average molecular weight is 651 g/mol. The molecular weight excluding hydrogens is 601 g/mol. The molecule has 2 heterocycles. The van der Waals surface area contributed by atoms with E-state index in [0.717, 1.165) is 54.3 Å². The number of fused-ring (bicyclic) bond motifs is 2. The Balaban J connectivity index is 0.00000157. The first-order valence-electron chi connectivity index (χ1n) is 16.5. The number of rotatable bonds is 6. The van der Waals surface area contributed by atoms with E-state index in [4.69, 9.17) is 10.5 Å². The van der Waals surface area contributed by atoms with Crippen molar-refractivity contribution in [3.05, 3.63) is 130 Å². The standard InChI is InChI=1S/C39H42N3O.C2H6.V/c1-7-26-15-20-30(21-16-26)43-37-27(17-23-35-38(2,3)32-25-29(40)19-22-33(32)41-35)11-10-12-28(37)18-24-36-39(4,5)31-13-8-9-14-34(31)42(36)6;1-2;/h9,13-25H,7,10-12,40H2,1-6H3;1-2H3;/q-1;;/p+1. The third-order valence-corrected chi connectivity index (χ3v) is 9.46. The maximum absolute atomic E-state index is 6.75. The Kier molecular flexibility index (Phi) is 11.0. The molecule has 0 aromatic heterocycles. The van der Waals surface area contributed by atoms with Gasteiger partial charge in [-0.3, -0.25) is 0 Å². The largest absolute Gasteiger partial charge is 0.457 e. The number of benzene rings is 3. The molecule has 0 amide bonds. The first-order valence-corrected chi connectivity index (χ1v) is 16.5. The fraction of sp³-hybridized carbons (Fsp3) is 0.341. The summed E-state index contributed by atoms with van der Waals surface area (Å²) in [5.74, 6) is 1.83. The fourth-order valence-corrected chi connectivity index (χ4v) is 6.73. The van der Waals surface area contributed by atoms with Crippen molar-refractivity contribution in [3.63, 3.8) is 0 Å². The number of hydrogen-bond donors (Lipinski definition) is 2. The van der Waals surface area contributed by atoms with Crippen LogP contribution >= 0.6 is 0 Å². The van der Waals surface area contributed by atoms with E-state index in [1.165, 1.54) is 39.2 Å². The van der Waals surface area contributed by atoms with E-state index >= 15 is 0 Å². The molecule has 1 aliphatic carbocycles. The summed E-state index contributed by atoms with van der Waals surface area (Å²) in [5.41, 5.74) is 17.8. The van der Waals surface area contributed by atoms with Gasteiger partial charge in [-0.25, -0.2) is 4.58 Å². The van der Waals surface area contributed by atoms with Gasteiger partial charge in [-0.2, -0.15) is 18.2 Å². The molecule has 3 aromatic carbocycles. The molecule has 0 atom stereocenters. The number of nitrogen functional groups attached to an aromatic ring is 1. The third kappa shape index (κ3) is 6.70. The molecule has 46 heavy (non-hydrogen) atoms. The van der Waals surface area contributed by atoms with Gasteiger partial charge in [0.05, 0.1) is 0 Å². The summed E-state index contributed by atoms with van der Waals surface area (Å²) in [7, 11) is 2.16. The second-order valence-corrected chi connectivity index (χ2v) is 13.0. The van der Waals surface area contributed by atoms with Gasteiger partial charge in [-0.05, 0) is 90.4 Å². The zero-order valence-electron chi connectivity index (χ0n) is 28.8.